The smallest absolute Gasteiger partial charge is 0.00952 e. The Kier molecular flexibility index (Phi) is 4.94. The molecule has 14 heavy (non-hydrogen) atoms. The predicted molar refractivity (Wildman–Crippen MR) is 63.5 cm³/mol. The van der Waals surface area contributed by atoms with Crippen LogP contribution in [0.5, 0.6) is 0 Å². The fourth-order valence-electron chi connectivity index (χ4n) is 2.86. The molecule has 0 aromatic heterocycles. The summed E-state index contributed by atoms with van der Waals surface area (Å²) in [5.41, 5.74) is 0. The van der Waals surface area contributed by atoms with E-state index in [0.29, 0.717) is 6.04 Å². The highest BCUT2D eigenvalue weighted by Gasteiger charge is 2.25. The van der Waals surface area contributed by atoms with E-state index in [-0.39, 0.29) is 0 Å². The number of nitrogens with one attached hydrogen (secondary N) is 1. The van der Waals surface area contributed by atoms with Gasteiger partial charge in [0, 0.05) is 12.1 Å². The minimum Gasteiger partial charge on any atom is -0.311 e. The van der Waals surface area contributed by atoms with Crippen molar-refractivity contribution in [2.45, 2.75) is 71.9 Å². The van der Waals surface area contributed by atoms with E-state index in [4.69, 9.17) is 0 Å². The summed E-state index contributed by atoms with van der Waals surface area (Å²) < 4.78 is 0. The first-order chi connectivity index (χ1) is 6.69. The van der Waals surface area contributed by atoms with Crippen molar-refractivity contribution in [2.75, 3.05) is 0 Å². The summed E-state index contributed by atoms with van der Waals surface area (Å²) in [5, 5.41) is 3.83. The van der Waals surface area contributed by atoms with Crippen LogP contribution in [-0.4, -0.2) is 12.1 Å². The van der Waals surface area contributed by atoms with Gasteiger partial charge in [0.15, 0.2) is 0 Å². The van der Waals surface area contributed by atoms with E-state index in [0.717, 1.165) is 17.9 Å². The van der Waals surface area contributed by atoms with Crippen LogP contribution in [0.4, 0.5) is 0 Å². The summed E-state index contributed by atoms with van der Waals surface area (Å²) in [4.78, 5) is 0. The molecule has 0 aromatic rings. The first-order valence-electron chi connectivity index (χ1n) is 6.45. The first kappa shape index (κ1) is 12.0. The molecule has 3 atom stereocenters. The summed E-state index contributed by atoms with van der Waals surface area (Å²) in [5.74, 6) is 1.76. The highest BCUT2D eigenvalue weighted by atomic mass is 15.0. The van der Waals surface area contributed by atoms with Gasteiger partial charge in [-0.15, -0.1) is 0 Å². The monoisotopic (exact) mass is 197 g/mol. The summed E-state index contributed by atoms with van der Waals surface area (Å²) in [6, 6.07) is 1.50. The zero-order chi connectivity index (χ0) is 10.6. The maximum Gasteiger partial charge on any atom is 0.00952 e. The lowest BCUT2D eigenvalue weighted by molar-refractivity contribution is 0.296. The van der Waals surface area contributed by atoms with Crippen LogP contribution in [0.2, 0.25) is 0 Å². The largest absolute Gasteiger partial charge is 0.311 e. The van der Waals surface area contributed by atoms with Gasteiger partial charge in [-0.2, -0.15) is 0 Å². The zero-order valence-electron chi connectivity index (χ0n) is 10.3. The van der Waals surface area contributed by atoms with Gasteiger partial charge in [-0.05, 0) is 31.6 Å². The summed E-state index contributed by atoms with van der Waals surface area (Å²) in [7, 11) is 0. The van der Waals surface area contributed by atoms with Crippen molar-refractivity contribution in [1.29, 1.82) is 0 Å². The molecule has 1 nitrogen and oxygen atoms in total. The molecular formula is C13H27N. The van der Waals surface area contributed by atoms with Gasteiger partial charge in [0.05, 0.1) is 0 Å². The highest BCUT2D eigenvalue weighted by Crippen LogP contribution is 2.26. The third-order valence-corrected chi connectivity index (χ3v) is 4.09. The van der Waals surface area contributed by atoms with Gasteiger partial charge in [-0.3, -0.25) is 0 Å². The maximum absolute atomic E-state index is 3.83. The molecule has 1 fully saturated rings. The van der Waals surface area contributed by atoms with E-state index < -0.39 is 0 Å². The van der Waals surface area contributed by atoms with Gasteiger partial charge < -0.3 is 5.32 Å². The van der Waals surface area contributed by atoms with Crippen LogP contribution in [-0.2, 0) is 0 Å². The van der Waals surface area contributed by atoms with Crippen LogP contribution in [0, 0.1) is 11.8 Å². The standard InChI is InChI=1S/C13H27N/c1-5-12(6-2)11(4)14-13-9-7-8-10(13)3/h10-14H,5-9H2,1-4H3. The molecule has 1 N–H and O–H groups in total. The Hall–Kier alpha value is -0.0400. The van der Waals surface area contributed by atoms with E-state index >= 15 is 0 Å². The molecule has 0 aliphatic heterocycles. The SMILES string of the molecule is CCC(CC)C(C)NC1CCCC1C. The molecule has 0 saturated heterocycles. The molecule has 1 rings (SSSR count). The van der Waals surface area contributed by atoms with E-state index in [9.17, 15) is 0 Å². The van der Waals surface area contributed by atoms with Gasteiger partial charge >= 0.3 is 0 Å². The third kappa shape index (κ3) is 2.98. The average molecular weight is 197 g/mol. The lowest BCUT2D eigenvalue weighted by Crippen LogP contribution is -2.41. The second-order valence-electron chi connectivity index (χ2n) is 5.05. The Morgan fingerprint density at radius 1 is 1.21 bits per heavy atom. The van der Waals surface area contributed by atoms with Crippen molar-refractivity contribution in [1.82, 2.24) is 5.32 Å². The van der Waals surface area contributed by atoms with Crippen LogP contribution < -0.4 is 5.32 Å². The van der Waals surface area contributed by atoms with Gasteiger partial charge in [0.1, 0.15) is 0 Å². The molecule has 84 valence electrons. The van der Waals surface area contributed by atoms with Crippen molar-refractivity contribution in [3.8, 4) is 0 Å². The molecule has 0 bridgehead atoms. The second-order valence-corrected chi connectivity index (χ2v) is 5.05. The lowest BCUT2D eigenvalue weighted by Gasteiger charge is -2.28. The molecule has 3 unspecified atom stereocenters. The summed E-state index contributed by atoms with van der Waals surface area (Å²) in [6.07, 6.45) is 6.87. The van der Waals surface area contributed by atoms with Gasteiger partial charge in [0.2, 0.25) is 0 Å². The van der Waals surface area contributed by atoms with Crippen molar-refractivity contribution in [2.24, 2.45) is 11.8 Å². The molecule has 0 amide bonds. The molecule has 1 heteroatoms. The number of hydrogen-bond acceptors (Lipinski definition) is 1. The fourth-order valence-corrected chi connectivity index (χ4v) is 2.86. The molecule has 1 aliphatic rings. The van der Waals surface area contributed by atoms with Crippen molar-refractivity contribution in [3.05, 3.63) is 0 Å². The average Bonchev–Trinajstić information content (AvgIpc) is 2.54. The van der Waals surface area contributed by atoms with Crippen molar-refractivity contribution < 1.29 is 0 Å². The van der Waals surface area contributed by atoms with Crippen LogP contribution in [0.3, 0.4) is 0 Å². The molecule has 0 radical (unpaired) electrons. The van der Waals surface area contributed by atoms with Gasteiger partial charge in [-0.1, -0.05) is 40.0 Å². The van der Waals surface area contributed by atoms with Crippen LogP contribution >= 0.6 is 0 Å². The van der Waals surface area contributed by atoms with E-state index in [2.05, 4.69) is 33.0 Å². The molecule has 0 heterocycles. The number of hydrogen-bond donors (Lipinski definition) is 1. The van der Waals surface area contributed by atoms with Crippen LogP contribution in [0.1, 0.15) is 59.8 Å². The van der Waals surface area contributed by atoms with E-state index in [1.807, 2.05) is 0 Å². The van der Waals surface area contributed by atoms with Crippen LogP contribution in [0.25, 0.3) is 0 Å². The predicted octanol–water partition coefficient (Wildman–Crippen LogP) is 3.59. The zero-order valence-corrected chi connectivity index (χ0v) is 10.3. The topological polar surface area (TPSA) is 12.0 Å². The molecule has 1 saturated carbocycles. The minimum absolute atomic E-state index is 0.704. The summed E-state index contributed by atoms with van der Waals surface area (Å²) in [6.45, 7) is 9.38. The number of rotatable bonds is 5. The third-order valence-electron chi connectivity index (χ3n) is 4.09. The van der Waals surface area contributed by atoms with E-state index in [1.165, 1.54) is 32.1 Å². The Labute approximate surface area is 89.7 Å². The lowest BCUT2D eigenvalue weighted by atomic mass is 9.94. The molecule has 0 aromatic carbocycles. The summed E-state index contributed by atoms with van der Waals surface area (Å²) >= 11 is 0. The Morgan fingerprint density at radius 2 is 1.86 bits per heavy atom. The Bertz CT molecular complexity index is 151. The maximum atomic E-state index is 3.83. The fraction of sp³-hybridized carbons (Fsp3) is 1.00. The van der Waals surface area contributed by atoms with Gasteiger partial charge in [0.25, 0.3) is 0 Å². The Morgan fingerprint density at radius 3 is 2.29 bits per heavy atom. The Balaban J connectivity index is 2.34. The van der Waals surface area contributed by atoms with Crippen LogP contribution in [0.15, 0.2) is 0 Å². The highest BCUT2D eigenvalue weighted by molar-refractivity contribution is 4.84. The molecule has 0 spiro atoms. The van der Waals surface area contributed by atoms with Crippen molar-refractivity contribution >= 4 is 0 Å². The molecular weight excluding hydrogens is 170 g/mol. The molecule has 1 aliphatic carbocycles. The van der Waals surface area contributed by atoms with E-state index in [1.54, 1.807) is 0 Å². The first-order valence-corrected chi connectivity index (χ1v) is 6.45. The minimum atomic E-state index is 0.704. The second kappa shape index (κ2) is 5.75. The normalized spacial score (nSPS) is 29.8. The van der Waals surface area contributed by atoms with Crippen molar-refractivity contribution in [3.63, 3.8) is 0 Å². The quantitative estimate of drug-likeness (QED) is 0.710. The van der Waals surface area contributed by atoms with Gasteiger partial charge in [-0.25, -0.2) is 0 Å².